The molecular formula is C9H16ClNO3. The van der Waals surface area contributed by atoms with Gasteiger partial charge in [-0.1, -0.05) is 0 Å². The number of carbonyl (C=O) groups excluding carboxylic acids is 2. The van der Waals surface area contributed by atoms with Crippen LogP contribution in [0.3, 0.4) is 0 Å². The summed E-state index contributed by atoms with van der Waals surface area (Å²) in [5.41, 5.74) is 0. The number of rotatable bonds is 6. The van der Waals surface area contributed by atoms with E-state index < -0.39 is 5.97 Å². The third-order valence-corrected chi connectivity index (χ3v) is 2.07. The Morgan fingerprint density at radius 3 is 2.50 bits per heavy atom. The Labute approximate surface area is 89.2 Å². The monoisotopic (exact) mass is 221 g/mol. The molecule has 0 rings (SSSR count). The molecule has 0 aliphatic heterocycles. The van der Waals surface area contributed by atoms with Crippen LogP contribution in [0.25, 0.3) is 0 Å². The van der Waals surface area contributed by atoms with Gasteiger partial charge in [0.25, 0.3) is 0 Å². The van der Waals surface area contributed by atoms with Crippen molar-refractivity contribution in [3.63, 3.8) is 0 Å². The van der Waals surface area contributed by atoms with Gasteiger partial charge in [-0.2, -0.15) is 0 Å². The molecule has 0 aromatic rings. The molecule has 0 unspecified atom stereocenters. The number of hydrogen-bond donors (Lipinski definition) is 0. The van der Waals surface area contributed by atoms with Crippen LogP contribution in [-0.4, -0.2) is 42.9 Å². The van der Waals surface area contributed by atoms with Crippen LogP contribution < -0.4 is 0 Å². The number of hydrogen-bond acceptors (Lipinski definition) is 3. The maximum absolute atomic E-state index is 11.4. The molecule has 0 saturated carbocycles. The largest absolute Gasteiger partial charge is 0.468 e. The van der Waals surface area contributed by atoms with Crippen LogP contribution in [0.15, 0.2) is 0 Å². The Morgan fingerprint density at radius 2 is 2.07 bits per heavy atom. The topological polar surface area (TPSA) is 46.6 Å². The van der Waals surface area contributed by atoms with Crippen LogP contribution in [0, 0.1) is 0 Å². The molecular weight excluding hydrogens is 206 g/mol. The van der Waals surface area contributed by atoms with Gasteiger partial charge in [-0.15, -0.1) is 11.6 Å². The van der Waals surface area contributed by atoms with Crippen LogP contribution >= 0.6 is 11.6 Å². The molecule has 0 heterocycles. The first kappa shape index (κ1) is 13.2. The van der Waals surface area contributed by atoms with Crippen LogP contribution in [0.1, 0.15) is 19.8 Å². The summed E-state index contributed by atoms with van der Waals surface area (Å²) in [5.74, 6) is 0.00579. The fraction of sp³-hybridized carbons (Fsp3) is 0.778. The van der Waals surface area contributed by atoms with E-state index in [9.17, 15) is 9.59 Å². The molecule has 0 atom stereocenters. The molecule has 0 saturated heterocycles. The zero-order valence-electron chi connectivity index (χ0n) is 8.59. The van der Waals surface area contributed by atoms with Crippen molar-refractivity contribution >= 4 is 23.5 Å². The molecule has 0 radical (unpaired) electrons. The van der Waals surface area contributed by atoms with E-state index >= 15 is 0 Å². The number of halogens is 1. The minimum Gasteiger partial charge on any atom is -0.468 e. The Hall–Kier alpha value is -0.770. The summed E-state index contributed by atoms with van der Waals surface area (Å²) in [6, 6.07) is 0. The van der Waals surface area contributed by atoms with Crippen LogP contribution in [0.4, 0.5) is 0 Å². The molecule has 0 aliphatic carbocycles. The van der Waals surface area contributed by atoms with Crippen molar-refractivity contribution in [2.45, 2.75) is 19.8 Å². The van der Waals surface area contributed by atoms with Gasteiger partial charge >= 0.3 is 5.97 Å². The molecule has 0 aliphatic rings. The highest BCUT2D eigenvalue weighted by Gasteiger charge is 2.14. The first-order valence-corrected chi connectivity index (χ1v) is 5.09. The SMILES string of the molecule is CCN(CC(=O)OC)C(=O)CCCCl. The highest BCUT2D eigenvalue weighted by molar-refractivity contribution is 6.17. The minimum atomic E-state index is -0.397. The van der Waals surface area contributed by atoms with Crippen molar-refractivity contribution in [1.82, 2.24) is 4.90 Å². The zero-order chi connectivity index (χ0) is 11.0. The molecule has 0 aromatic carbocycles. The average Bonchev–Trinajstić information content (AvgIpc) is 2.21. The average molecular weight is 222 g/mol. The third kappa shape index (κ3) is 5.07. The van der Waals surface area contributed by atoms with Gasteiger partial charge in [0.1, 0.15) is 6.54 Å². The lowest BCUT2D eigenvalue weighted by Gasteiger charge is -2.18. The zero-order valence-corrected chi connectivity index (χ0v) is 9.34. The van der Waals surface area contributed by atoms with Gasteiger partial charge in [0.05, 0.1) is 7.11 Å². The summed E-state index contributed by atoms with van der Waals surface area (Å²) in [7, 11) is 1.30. The van der Waals surface area contributed by atoms with Crippen molar-refractivity contribution in [2.75, 3.05) is 26.1 Å². The van der Waals surface area contributed by atoms with Crippen molar-refractivity contribution < 1.29 is 14.3 Å². The van der Waals surface area contributed by atoms with Crippen LogP contribution in [0.5, 0.6) is 0 Å². The van der Waals surface area contributed by atoms with Crippen LogP contribution in [0.2, 0.25) is 0 Å². The lowest BCUT2D eigenvalue weighted by atomic mass is 10.3. The van der Waals surface area contributed by atoms with Gasteiger partial charge in [0.15, 0.2) is 0 Å². The fourth-order valence-electron chi connectivity index (χ4n) is 0.973. The number of nitrogens with zero attached hydrogens (tertiary/aromatic N) is 1. The summed E-state index contributed by atoms with van der Waals surface area (Å²) in [4.78, 5) is 23.8. The molecule has 0 bridgehead atoms. The number of methoxy groups -OCH3 is 1. The highest BCUT2D eigenvalue weighted by Crippen LogP contribution is 1.99. The summed E-state index contributed by atoms with van der Waals surface area (Å²) >= 11 is 5.46. The normalized spacial score (nSPS) is 9.64. The first-order chi connectivity index (χ1) is 6.65. The van der Waals surface area contributed by atoms with E-state index in [2.05, 4.69) is 4.74 Å². The maximum atomic E-state index is 11.4. The second-order valence-electron chi connectivity index (χ2n) is 2.78. The van der Waals surface area contributed by atoms with E-state index in [4.69, 9.17) is 11.6 Å². The van der Waals surface area contributed by atoms with E-state index in [-0.39, 0.29) is 12.5 Å². The minimum absolute atomic E-state index is 0.0219. The predicted molar refractivity (Wildman–Crippen MR) is 54.2 cm³/mol. The number of ether oxygens (including phenoxy) is 1. The number of likely N-dealkylation sites (N-methyl/N-ethyl adjacent to an activating group) is 1. The highest BCUT2D eigenvalue weighted by atomic mass is 35.5. The molecule has 1 amide bonds. The molecule has 0 fully saturated rings. The molecule has 82 valence electrons. The van der Waals surface area contributed by atoms with Crippen molar-refractivity contribution in [3.8, 4) is 0 Å². The Kier molecular flexibility index (Phi) is 7.20. The number of amides is 1. The van der Waals surface area contributed by atoms with E-state index in [1.54, 1.807) is 0 Å². The first-order valence-electron chi connectivity index (χ1n) is 4.56. The lowest BCUT2D eigenvalue weighted by molar-refractivity contribution is -0.146. The van der Waals surface area contributed by atoms with E-state index in [1.165, 1.54) is 12.0 Å². The second-order valence-corrected chi connectivity index (χ2v) is 3.15. The molecule has 14 heavy (non-hydrogen) atoms. The van der Waals surface area contributed by atoms with Crippen molar-refractivity contribution in [1.29, 1.82) is 0 Å². The van der Waals surface area contributed by atoms with Gasteiger partial charge in [-0.05, 0) is 13.3 Å². The van der Waals surface area contributed by atoms with Crippen molar-refractivity contribution in [2.24, 2.45) is 0 Å². The second kappa shape index (κ2) is 7.62. The van der Waals surface area contributed by atoms with Crippen LogP contribution in [-0.2, 0) is 14.3 Å². The molecule has 4 nitrogen and oxygen atoms in total. The van der Waals surface area contributed by atoms with Gasteiger partial charge in [-0.25, -0.2) is 0 Å². The summed E-state index contributed by atoms with van der Waals surface area (Å²) in [6.07, 6.45) is 1.02. The number of carbonyl (C=O) groups is 2. The van der Waals surface area contributed by atoms with E-state index in [0.717, 1.165) is 0 Å². The molecule has 0 N–H and O–H groups in total. The molecule has 5 heteroatoms. The Balaban J connectivity index is 3.98. The summed E-state index contributed by atoms with van der Waals surface area (Å²) < 4.78 is 4.48. The van der Waals surface area contributed by atoms with Gasteiger partial charge in [0, 0.05) is 18.8 Å². The number of alkyl halides is 1. The lowest BCUT2D eigenvalue weighted by Crippen LogP contribution is -2.35. The maximum Gasteiger partial charge on any atom is 0.325 e. The van der Waals surface area contributed by atoms with E-state index in [0.29, 0.717) is 25.3 Å². The summed E-state index contributed by atoms with van der Waals surface area (Å²) in [6.45, 7) is 2.35. The standard InChI is InChI=1S/C9H16ClNO3/c1-3-11(7-9(13)14-2)8(12)5-4-6-10/h3-7H2,1-2H3. The fourth-order valence-corrected chi connectivity index (χ4v) is 1.11. The Bertz CT molecular complexity index is 196. The van der Waals surface area contributed by atoms with E-state index in [1.807, 2.05) is 6.92 Å². The number of esters is 1. The molecule has 0 spiro atoms. The quantitative estimate of drug-likeness (QED) is 0.497. The van der Waals surface area contributed by atoms with Gasteiger partial charge < -0.3 is 9.64 Å². The molecule has 0 aromatic heterocycles. The Morgan fingerprint density at radius 1 is 1.43 bits per heavy atom. The third-order valence-electron chi connectivity index (χ3n) is 1.81. The summed E-state index contributed by atoms with van der Waals surface area (Å²) in [5, 5.41) is 0. The van der Waals surface area contributed by atoms with Gasteiger partial charge in [-0.3, -0.25) is 9.59 Å². The van der Waals surface area contributed by atoms with Crippen molar-refractivity contribution in [3.05, 3.63) is 0 Å². The van der Waals surface area contributed by atoms with Gasteiger partial charge in [0.2, 0.25) is 5.91 Å². The predicted octanol–water partition coefficient (Wildman–Crippen LogP) is 1.03. The smallest absolute Gasteiger partial charge is 0.325 e.